The number of carbonyl (C=O) groups is 3. The summed E-state index contributed by atoms with van der Waals surface area (Å²) in [6, 6.07) is 10.8. The molecule has 1 saturated heterocycles. The van der Waals surface area contributed by atoms with E-state index in [1.165, 1.54) is 12.3 Å². The van der Waals surface area contributed by atoms with Gasteiger partial charge in [-0.2, -0.15) is 0 Å². The molecule has 8 heteroatoms. The number of nitrogens with zero attached hydrogens (tertiary/aromatic N) is 3. The highest BCUT2D eigenvalue weighted by molar-refractivity contribution is 5.93. The number of amides is 2. The summed E-state index contributed by atoms with van der Waals surface area (Å²) in [5, 5.41) is 2.98. The van der Waals surface area contributed by atoms with Gasteiger partial charge in [0.15, 0.2) is 6.61 Å². The van der Waals surface area contributed by atoms with E-state index in [-0.39, 0.29) is 30.7 Å². The zero-order valence-electron chi connectivity index (χ0n) is 17.3. The predicted octanol–water partition coefficient (Wildman–Crippen LogP) is 1.64. The number of esters is 1. The lowest BCUT2D eigenvalue weighted by atomic mass is 10.1. The number of rotatable bonds is 6. The normalized spacial score (nSPS) is 14.3. The van der Waals surface area contributed by atoms with Gasteiger partial charge in [0.25, 0.3) is 5.91 Å². The maximum absolute atomic E-state index is 12.4. The molecule has 2 aromatic rings. The summed E-state index contributed by atoms with van der Waals surface area (Å²) >= 11 is 0. The first-order valence-electron chi connectivity index (χ1n) is 9.88. The van der Waals surface area contributed by atoms with E-state index in [1.807, 2.05) is 36.9 Å². The molecule has 2 amide bonds. The molecule has 2 heterocycles. The molecule has 1 aliphatic rings. The van der Waals surface area contributed by atoms with Crippen molar-refractivity contribution in [1.82, 2.24) is 14.8 Å². The third-order valence-corrected chi connectivity index (χ3v) is 5.04. The molecule has 0 radical (unpaired) electrons. The van der Waals surface area contributed by atoms with Crippen LogP contribution in [-0.4, -0.2) is 71.9 Å². The molecule has 1 aliphatic heterocycles. The molecule has 1 aromatic carbocycles. The molecule has 3 rings (SSSR count). The van der Waals surface area contributed by atoms with Crippen molar-refractivity contribution in [3.8, 4) is 0 Å². The van der Waals surface area contributed by atoms with Gasteiger partial charge in [-0.3, -0.25) is 14.5 Å². The van der Waals surface area contributed by atoms with Crippen LogP contribution >= 0.6 is 0 Å². The number of pyridine rings is 1. The first-order chi connectivity index (χ1) is 14.4. The largest absolute Gasteiger partial charge is 0.451 e. The van der Waals surface area contributed by atoms with Crippen LogP contribution in [-0.2, 0) is 14.3 Å². The minimum absolute atomic E-state index is 0.0727. The molecule has 1 fully saturated rings. The first kappa shape index (κ1) is 21.4. The van der Waals surface area contributed by atoms with Gasteiger partial charge in [-0.25, -0.2) is 9.78 Å². The molecule has 0 atom stereocenters. The lowest BCUT2D eigenvalue weighted by Crippen LogP contribution is -2.51. The second-order valence-corrected chi connectivity index (χ2v) is 7.26. The topological polar surface area (TPSA) is 91.8 Å². The van der Waals surface area contributed by atoms with E-state index in [4.69, 9.17) is 4.74 Å². The van der Waals surface area contributed by atoms with E-state index in [1.54, 1.807) is 17.0 Å². The molecule has 8 nitrogen and oxygen atoms in total. The molecule has 1 N–H and O–H groups in total. The Kier molecular flexibility index (Phi) is 7.13. The van der Waals surface area contributed by atoms with Gasteiger partial charge in [0.2, 0.25) is 5.91 Å². The summed E-state index contributed by atoms with van der Waals surface area (Å²) < 4.78 is 5.05. The van der Waals surface area contributed by atoms with Gasteiger partial charge in [-0.15, -0.1) is 0 Å². The van der Waals surface area contributed by atoms with Crippen LogP contribution in [0.2, 0.25) is 0 Å². The predicted molar refractivity (Wildman–Crippen MR) is 112 cm³/mol. The number of aromatic nitrogens is 1. The molecular formula is C22H26N4O4. The molecule has 0 bridgehead atoms. The maximum Gasteiger partial charge on any atom is 0.357 e. The van der Waals surface area contributed by atoms with Gasteiger partial charge in [-0.1, -0.05) is 24.3 Å². The second-order valence-electron chi connectivity index (χ2n) is 7.26. The molecule has 30 heavy (non-hydrogen) atoms. The number of piperazine rings is 1. The van der Waals surface area contributed by atoms with E-state index < -0.39 is 5.97 Å². The number of anilines is 1. The molecule has 0 saturated carbocycles. The Hall–Kier alpha value is -3.26. The Morgan fingerprint density at radius 3 is 2.33 bits per heavy atom. The fraction of sp³-hybridized carbons (Fsp3) is 0.364. The highest BCUT2D eigenvalue weighted by atomic mass is 16.5. The van der Waals surface area contributed by atoms with Crippen molar-refractivity contribution < 1.29 is 19.1 Å². The Labute approximate surface area is 175 Å². The van der Waals surface area contributed by atoms with Crippen LogP contribution in [0.15, 0.2) is 42.6 Å². The number of aryl methyl sites for hydroxylation is 2. The standard InChI is InChI=1S/C22H26N4O4/c1-16-6-5-7-17(2)21(16)24-19(27)14-25-10-12-26(13-11-25)20(28)15-30-22(29)18-8-3-4-9-23-18/h3-9H,10-15H2,1-2H3,(H,24,27). The van der Waals surface area contributed by atoms with Crippen molar-refractivity contribution in [2.45, 2.75) is 13.8 Å². The smallest absolute Gasteiger partial charge is 0.357 e. The van der Waals surface area contributed by atoms with Gasteiger partial charge in [0.05, 0.1) is 6.54 Å². The van der Waals surface area contributed by atoms with Crippen LogP contribution in [0.1, 0.15) is 21.6 Å². The Morgan fingerprint density at radius 1 is 1.00 bits per heavy atom. The van der Waals surface area contributed by atoms with Crippen molar-refractivity contribution in [2.75, 3.05) is 44.6 Å². The monoisotopic (exact) mass is 410 g/mol. The van der Waals surface area contributed by atoms with E-state index in [0.29, 0.717) is 26.2 Å². The quantitative estimate of drug-likeness (QED) is 0.728. The summed E-state index contributed by atoms with van der Waals surface area (Å²) in [4.78, 5) is 44.2. The van der Waals surface area contributed by atoms with Crippen LogP contribution in [0.4, 0.5) is 5.69 Å². The Bertz CT molecular complexity index is 888. The van der Waals surface area contributed by atoms with E-state index in [2.05, 4.69) is 10.3 Å². The van der Waals surface area contributed by atoms with Crippen LogP contribution in [0, 0.1) is 13.8 Å². The van der Waals surface area contributed by atoms with Crippen LogP contribution in [0.25, 0.3) is 0 Å². The van der Waals surface area contributed by atoms with Gasteiger partial charge < -0.3 is 15.0 Å². The number of benzene rings is 1. The Morgan fingerprint density at radius 2 is 1.70 bits per heavy atom. The third-order valence-electron chi connectivity index (χ3n) is 5.04. The summed E-state index contributed by atoms with van der Waals surface area (Å²) in [7, 11) is 0. The van der Waals surface area contributed by atoms with Crippen molar-refractivity contribution in [2.24, 2.45) is 0 Å². The minimum Gasteiger partial charge on any atom is -0.451 e. The average Bonchev–Trinajstić information content (AvgIpc) is 2.75. The van der Waals surface area contributed by atoms with Crippen molar-refractivity contribution in [3.63, 3.8) is 0 Å². The van der Waals surface area contributed by atoms with Gasteiger partial charge >= 0.3 is 5.97 Å². The third kappa shape index (κ3) is 5.64. The fourth-order valence-corrected chi connectivity index (χ4v) is 3.33. The molecule has 158 valence electrons. The maximum atomic E-state index is 12.4. The minimum atomic E-state index is -0.620. The SMILES string of the molecule is Cc1cccc(C)c1NC(=O)CN1CCN(C(=O)COC(=O)c2ccccn2)CC1. The summed E-state index contributed by atoms with van der Waals surface area (Å²) in [5.74, 6) is -0.943. The fourth-order valence-electron chi connectivity index (χ4n) is 3.33. The van der Waals surface area contributed by atoms with E-state index in [9.17, 15) is 14.4 Å². The Balaban J connectivity index is 1.41. The van der Waals surface area contributed by atoms with Crippen LogP contribution < -0.4 is 5.32 Å². The summed E-state index contributed by atoms with van der Waals surface area (Å²) in [5.41, 5.74) is 3.08. The molecule has 1 aromatic heterocycles. The number of ether oxygens (including phenoxy) is 1. The number of nitrogens with one attached hydrogen (secondary N) is 1. The molecule has 0 aliphatic carbocycles. The lowest BCUT2D eigenvalue weighted by molar-refractivity contribution is -0.136. The van der Waals surface area contributed by atoms with Crippen LogP contribution in [0.3, 0.4) is 0 Å². The number of hydrogen-bond acceptors (Lipinski definition) is 6. The highest BCUT2D eigenvalue weighted by Crippen LogP contribution is 2.19. The van der Waals surface area contributed by atoms with Gasteiger partial charge in [0, 0.05) is 38.1 Å². The molecule has 0 spiro atoms. The van der Waals surface area contributed by atoms with Gasteiger partial charge in [-0.05, 0) is 37.1 Å². The van der Waals surface area contributed by atoms with Crippen molar-refractivity contribution in [1.29, 1.82) is 0 Å². The summed E-state index contributed by atoms with van der Waals surface area (Å²) in [6.07, 6.45) is 1.49. The molecular weight excluding hydrogens is 384 g/mol. The van der Waals surface area contributed by atoms with Crippen molar-refractivity contribution >= 4 is 23.5 Å². The number of para-hydroxylation sites is 1. The average molecular weight is 410 g/mol. The molecule has 0 unspecified atom stereocenters. The van der Waals surface area contributed by atoms with Crippen LogP contribution in [0.5, 0.6) is 0 Å². The number of carbonyl (C=O) groups excluding carboxylic acids is 3. The zero-order valence-corrected chi connectivity index (χ0v) is 17.3. The first-order valence-corrected chi connectivity index (χ1v) is 9.88. The second kappa shape index (κ2) is 9.98. The zero-order chi connectivity index (χ0) is 21.5. The number of hydrogen-bond donors (Lipinski definition) is 1. The summed E-state index contributed by atoms with van der Waals surface area (Å²) in [6.45, 7) is 6.02. The van der Waals surface area contributed by atoms with E-state index >= 15 is 0 Å². The lowest BCUT2D eigenvalue weighted by Gasteiger charge is -2.34. The van der Waals surface area contributed by atoms with Gasteiger partial charge in [0.1, 0.15) is 5.69 Å². The highest BCUT2D eigenvalue weighted by Gasteiger charge is 2.23. The van der Waals surface area contributed by atoms with E-state index in [0.717, 1.165) is 16.8 Å². The van der Waals surface area contributed by atoms with Crippen molar-refractivity contribution in [3.05, 3.63) is 59.4 Å².